The summed E-state index contributed by atoms with van der Waals surface area (Å²) in [7, 11) is 0. The highest BCUT2D eigenvalue weighted by Gasteiger charge is 2.23. The molecule has 1 heteroatoms. The Bertz CT molecular complexity index is 327. The third kappa shape index (κ3) is 3.64. The van der Waals surface area contributed by atoms with Gasteiger partial charge >= 0.3 is 0 Å². The molecule has 0 aromatic heterocycles. The minimum Gasteiger partial charge on any atom is -0.396 e. The monoisotopic (exact) mass is 220 g/mol. The third-order valence-electron chi connectivity index (χ3n) is 3.21. The van der Waals surface area contributed by atoms with Gasteiger partial charge in [0.05, 0.1) is 0 Å². The zero-order valence-electron chi connectivity index (χ0n) is 11.2. The average molecular weight is 220 g/mol. The van der Waals surface area contributed by atoms with E-state index in [1.54, 1.807) is 0 Å². The van der Waals surface area contributed by atoms with Crippen molar-refractivity contribution in [2.45, 2.75) is 41.0 Å². The Labute approximate surface area is 99.5 Å². The second-order valence-corrected chi connectivity index (χ2v) is 5.95. The Hall–Kier alpha value is -0.820. The van der Waals surface area contributed by atoms with Crippen LogP contribution in [0.1, 0.15) is 37.5 Å². The minimum absolute atomic E-state index is 0.159. The molecule has 0 aliphatic carbocycles. The molecule has 0 heterocycles. The van der Waals surface area contributed by atoms with Crippen LogP contribution in [0.4, 0.5) is 0 Å². The molecule has 90 valence electrons. The van der Waals surface area contributed by atoms with Crippen LogP contribution in [-0.2, 0) is 6.42 Å². The van der Waals surface area contributed by atoms with Crippen LogP contribution in [0.5, 0.6) is 0 Å². The molecule has 0 amide bonds. The summed E-state index contributed by atoms with van der Waals surface area (Å²) in [4.78, 5) is 0. The van der Waals surface area contributed by atoms with Crippen LogP contribution in [0.15, 0.2) is 18.2 Å². The molecule has 1 aromatic rings. The fourth-order valence-electron chi connectivity index (χ4n) is 2.12. The molecule has 1 aromatic carbocycles. The Morgan fingerprint density at radius 3 is 1.94 bits per heavy atom. The lowest BCUT2D eigenvalue weighted by atomic mass is 9.77. The molecule has 1 unspecified atom stereocenters. The number of rotatable bonds is 3. The minimum atomic E-state index is 0.159. The van der Waals surface area contributed by atoms with Crippen molar-refractivity contribution in [1.29, 1.82) is 0 Å². The lowest BCUT2D eigenvalue weighted by molar-refractivity contribution is 0.131. The summed E-state index contributed by atoms with van der Waals surface area (Å²) in [6, 6.07) is 6.64. The third-order valence-corrected chi connectivity index (χ3v) is 3.21. The van der Waals surface area contributed by atoms with Crippen molar-refractivity contribution in [2.75, 3.05) is 6.61 Å². The predicted octanol–water partition coefficient (Wildman–Crippen LogP) is 3.50. The first-order valence-electron chi connectivity index (χ1n) is 6.01. The van der Waals surface area contributed by atoms with Gasteiger partial charge in [0, 0.05) is 6.61 Å². The predicted molar refractivity (Wildman–Crippen MR) is 69.7 cm³/mol. The maximum atomic E-state index is 9.46. The summed E-state index contributed by atoms with van der Waals surface area (Å²) >= 11 is 0. The van der Waals surface area contributed by atoms with Crippen LogP contribution in [-0.4, -0.2) is 11.7 Å². The second-order valence-electron chi connectivity index (χ2n) is 5.95. The summed E-state index contributed by atoms with van der Waals surface area (Å²) in [6.45, 7) is 11.1. The standard InChI is InChI=1S/C15H24O/c1-11-6-12(2)8-13(7-11)9-14(10-16)15(3,4)5/h6-8,14,16H,9-10H2,1-5H3. The maximum absolute atomic E-state index is 9.46. The van der Waals surface area contributed by atoms with Crippen molar-refractivity contribution < 1.29 is 5.11 Å². The van der Waals surface area contributed by atoms with Gasteiger partial charge in [-0.25, -0.2) is 0 Å². The molecule has 0 aliphatic rings. The van der Waals surface area contributed by atoms with Crippen LogP contribution in [0.2, 0.25) is 0 Å². The van der Waals surface area contributed by atoms with E-state index in [9.17, 15) is 5.11 Å². The van der Waals surface area contributed by atoms with Crippen LogP contribution in [0.3, 0.4) is 0 Å². The summed E-state index contributed by atoms with van der Waals surface area (Å²) in [5.41, 5.74) is 4.11. The second kappa shape index (κ2) is 5.01. The van der Waals surface area contributed by atoms with E-state index >= 15 is 0 Å². The smallest absolute Gasteiger partial charge is 0.0467 e. The van der Waals surface area contributed by atoms with Crippen LogP contribution in [0.25, 0.3) is 0 Å². The lowest BCUT2D eigenvalue weighted by Gasteiger charge is -2.29. The van der Waals surface area contributed by atoms with Crippen molar-refractivity contribution in [3.63, 3.8) is 0 Å². The largest absolute Gasteiger partial charge is 0.396 e. The highest BCUT2D eigenvalue weighted by Crippen LogP contribution is 2.29. The van der Waals surface area contributed by atoms with E-state index in [1.807, 2.05) is 0 Å². The Morgan fingerprint density at radius 2 is 1.56 bits per heavy atom. The van der Waals surface area contributed by atoms with Gasteiger partial charge in [-0.2, -0.15) is 0 Å². The lowest BCUT2D eigenvalue weighted by Crippen LogP contribution is -2.26. The molecule has 1 nitrogen and oxygen atoms in total. The number of aliphatic hydroxyl groups excluding tert-OH is 1. The zero-order chi connectivity index (χ0) is 12.3. The van der Waals surface area contributed by atoms with Crippen molar-refractivity contribution in [3.8, 4) is 0 Å². The van der Waals surface area contributed by atoms with E-state index in [-0.39, 0.29) is 12.0 Å². The highest BCUT2D eigenvalue weighted by atomic mass is 16.3. The quantitative estimate of drug-likeness (QED) is 0.826. The normalized spacial score (nSPS) is 13.9. The van der Waals surface area contributed by atoms with E-state index < -0.39 is 0 Å². The number of benzene rings is 1. The van der Waals surface area contributed by atoms with Gasteiger partial charge in [0.2, 0.25) is 0 Å². The van der Waals surface area contributed by atoms with Gasteiger partial charge in [-0.05, 0) is 37.2 Å². The number of aliphatic hydroxyl groups is 1. The number of aryl methyl sites for hydroxylation is 2. The van der Waals surface area contributed by atoms with E-state index in [0.717, 1.165) is 6.42 Å². The van der Waals surface area contributed by atoms with Gasteiger partial charge in [0.15, 0.2) is 0 Å². The fourth-order valence-corrected chi connectivity index (χ4v) is 2.12. The molecule has 1 N–H and O–H groups in total. The summed E-state index contributed by atoms with van der Waals surface area (Å²) in [6.07, 6.45) is 0.961. The Balaban J connectivity index is 2.86. The Kier molecular flexibility index (Phi) is 4.15. The van der Waals surface area contributed by atoms with Crippen LogP contribution in [0, 0.1) is 25.2 Å². The van der Waals surface area contributed by atoms with Crippen molar-refractivity contribution >= 4 is 0 Å². The van der Waals surface area contributed by atoms with Crippen LogP contribution >= 0.6 is 0 Å². The maximum Gasteiger partial charge on any atom is 0.0467 e. The molecule has 0 aliphatic heterocycles. The first kappa shape index (κ1) is 13.2. The number of hydrogen-bond acceptors (Lipinski definition) is 1. The molecule has 0 bridgehead atoms. The summed E-state index contributed by atoms with van der Waals surface area (Å²) < 4.78 is 0. The highest BCUT2D eigenvalue weighted by molar-refractivity contribution is 5.28. The summed E-state index contributed by atoms with van der Waals surface area (Å²) in [5.74, 6) is 0.327. The van der Waals surface area contributed by atoms with Gasteiger partial charge in [-0.3, -0.25) is 0 Å². The fraction of sp³-hybridized carbons (Fsp3) is 0.600. The number of hydrogen-bond donors (Lipinski definition) is 1. The molecule has 1 atom stereocenters. The molecule has 16 heavy (non-hydrogen) atoms. The van der Waals surface area contributed by atoms with E-state index in [4.69, 9.17) is 0 Å². The van der Waals surface area contributed by atoms with Gasteiger partial charge in [0.25, 0.3) is 0 Å². The SMILES string of the molecule is Cc1cc(C)cc(CC(CO)C(C)(C)C)c1. The Morgan fingerprint density at radius 1 is 1.06 bits per heavy atom. The molecule has 0 radical (unpaired) electrons. The molecule has 0 saturated carbocycles. The zero-order valence-corrected chi connectivity index (χ0v) is 11.2. The van der Waals surface area contributed by atoms with Gasteiger partial charge in [-0.1, -0.05) is 50.1 Å². The van der Waals surface area contributed by atoms with Crippen LogP contribution < -0.4 is 0 Å². The molecule has 0 fully saturated rings. The summed E-state index contributed by atoms with van der Waals surface area (Å²) in [5, 5.41) is 9.46. The molecule has 0 saturated heterocycles. The van der Waals surface area contributed by atoms with Crippen molar-refractivity contribution in [2.24, 2.45) is 11.3 Å². The van der Waals surface area contributed by atoms with Gasteiger partial charge < -0.3 is 5.11 Å². The molecular weight excluding hydrogens is 196 g/mol. The van der Waals surface area contributed by atoms with E-state index in [0.29, 0.717) is 5.92 Å². The molecular formula is C15H24O. The van der Waals surface area contributed by atoms with Crippen molar-refractivity contribution in [1.82, 2.24) is 0 Å². The van der Waals surface area contributed by atoms with E-state index in [1.165, 1.54) is 16.7 Å². The van der Waals surface area contributed by atoms with Crippen molar-refractivity contribution in [3.05, 3.63) is 34.9 Å². The molecule has 1 rings (SSSR count). The topological polar surface area (TPSA) is 20.2 Å². The first-order chi connectivity index (χ1) is 7.32. The van der Waals surface area contributed by atoms with Gasteiger partial charge in [0.1, 0.15) is 0 Å². The molecule has 0 spiro atoms. The van der Waals surface area contributed by atoms with E-state index in [2.05, 4.69) is 52.8 Å². The average Bonchev–Trinajstić information content (AvgIpc) is 2.10. The first-order valence-corrected chi connectivity index (χ1v) is 6.01. The van der Waals surface area contributed by atoms with Gasteiger partial charge in [-0.15, -0.1) is 0 Å².